The molecule has 0 spiro atoms. The van der Waals surface area contributed by atoms with Gasteiger partial charge in [0.2, 0.25) is 5.91 Å². The van der Waals surface area contributed by atoms with E-state index >= 15 is 0 Å². The van der Waals surface area contributed by atoms with Crippen LogP contribution in [-0.4, -0.2) is 29.7 Å². The molecule has 0 aromatic carbocycles. The van der Waals surface area contributed by atoms with Crippen LogP contribution in [-0.2, 0) is 11.8 Å². The maximum absolute atomic E-state index is 13.2. The average molecular weight is 303 g/mol. The monoisotopic (exact) mass is 303 g/mol. The van der Waals surface area contributed by atoms with Gasteiger partial charge in [0.05, 0.1) is 5.41 Å². The van der Waals surface area contributed by atoms with Gasteiger partial charge < -0.3 is 15.2 Å². The first-order chi connectivity index (χ1) is 9.72. The third-order valence-electron chi connectivity index (χ3n) is 3.94. The molecule has 1 aliphatic rings. The number of carbonyl (C=O) groups is 1. The van der Waals surface area contributed by atoms with Crippen LogP contribution in [0.3, 0.4) is 0 Å². The summed E-state index contributed by atoms with van der Waals surface area (Å²) in [5.41, 5.74) is -0.748. The molecule has 1 saturated heterocycles. The van der Waals surface area contributed by atoms with E-state index in [9.17, 15) is 18.0 Å². The van der Waals surface area contributed by atoms with Crippen molar-refractivity contribution in [1.29, 1.82) is 0 Å². The molecule has 2 N–H and O–H groups in total. The SMILES string of the molecule is Cn1ccc([C@@H](NC(=O)[C@]2(C)CCCNC2)C(F)(F)F)c1. The molecule has 0 unspecified atom stereocenters. The predicted molar refractivity (Wildman–Crippen MR) is 72.6 cm³/mol. The molecule has 1 fully saturated rings. The largest absolute Gasteiger partial charge is 0.412 e. The minimum atomic E-state index is -4.52. The number of nitrogens with one attached hydrogen (secondary N) is 2. The fourth-order valence-electron chi connectivity index (χ4n) is 2.61. The van der Waals surface area contributed by atoms with Gasteiger partial charge in [0, 0.05) is 31.5 Å². The highest BCUT2D eigenvalue weighted by atomic mass is 19.4. The van der Waals surface area contributed by atoms with Crippen molar-refractivity contribution in [1.82, 2.24) is 15.2 Å². The van der Waals surface area contributed by atoms with E-state index in [4.69, 9.17) is 0 Å². The van der Waals surface area contributed by atoms with Gasteiger partial charge in [-0.3, -0.25) is 4.79 Å². The quantitative estimate of drug-likeness (QED) is 0.898. The Hall–Kier alpha value is -1.50. The third kappa shape index (κ3) is 3.58. The number of rotatable bonds is 3. The van der Waals surface area contributed by atoms with Crippen molar-refractivity contribution in [2.45, 2.75) is 32.0 Å². The second-order valence-corrected chi connectivity index (χ2v) is 5.90. The van der Waals surface area contributed by atoms with Crippen molar-refractivity contribution in [2.75, 3.05) is 13.1 Å². The van der Waals surface area contributed by atoms with Gasteiger partial charge >= 0.3 is 6.18 Å². The molecule has 0 bridgehead atoms. The summed E-state index contributed by atoms with van der Waals surface area (Å²) in [4.78, 5) is 12.3. The summed E-state index contributed by atoms with van der Waals surface area (Å²) in [6.07, 6.45) is -0.239. The first-order valence-electron chi connectivity index (χ1n) is 6.93. The number of carbonyl (C=O) groups excluding carboxylic acids is 1. The molecule has 1 amide bonds. The molecule has 2 atom stereocenters. The molecule has 2 heterocycles. The summed E-state index contributed by atoms with van der Waals surface area (Å²) in [5, 5.41) is 5.25. The van der Waals surface area contributed by atoms with Crippen molar-refractivity contribution in [2.24, 2.45) is 12.5 Å². The molecule has 0 radical (unpaired) electrons. The summed E-state index contributed by atoms with van der Waals surface area (Å²) in [5.74, 6) is -0.555. The number of piperidine rings is 1. The van der Waals surface area contributed by atoms with E-state index in [2.05, 4.69) is 10.6 Å². The molecule has 0 aliphatic carbocycles. The van der Waals surface area contributed by atoms with Crippen LogP contribution in [0.5, 0.6) is 0 Å². The van der Waals surface area contributed by atoms with Crippen molar-refractivity contribution in [3.63, 3.8) is 0 Å². The highest BCUT2D eigenvalue weighted by Crippen LogP contribution is 2.35. The molecule has 0 saturated carbocycles. The van der Waals surface area contributed by atoms with Gasteiger partial charge in [-0.05, 0) is 32.4 Å². The summed E-state index contributed by atoms with van der Waals surface area (Å²) in [7, 11) is 1.64. The predicted octanol–water partition coefficient (Wildman–Crippen LogP) is 2.13. The van der Waals surface area contributed by atoms with Crippen LogP contribution < -0.4 is 10.6 Å². The molecule has 7 heteroatoms. The Morgan fingerprint density at radius 1 is 1.52 bits per heavy atom. The first-order valence-corrected chi connectivity index (χ1v) is 6.93. The zero-order valence-electron chi connectivity index (χ0n) is 12.1. The Morgan fingerprint density at radius 2 is 2.24 bits per heavy atom. The highest BCUT2D eigenvalue weighted by molar-refractivity contribution is 5.83. The lowest BCUT2D eigenvalue weighted by Crippen LogP contribution is -2.51. The highest BCUT2D eigenvalue weighted by Gasteiger charge is 2.45. The van der Waals surface area contributed by atoms with Crippen molar-refractivity contribution < 1.29 is 18.0 Å². The lowest BCUT2D eigenvalue weighted by atomic mass is 9.81. The summed E-state index contributed by atoms with van der Waals surface area (Å²) in [6.45, 7) is 2.90. The topological polar surface area (TPSA) is 46.1 Å². The maximum Gasteiger partial charge on any atom is 0.412 e. The van der Waals surface area contributed by atoms with Gasteiger partial charge in [-0.25, -0.2) is 0 Å². The molecule has 2 rings (SSSR count). The zero-order chi connectivity index (χ0) is 15.7. The van der Waals surface area contributed by atoms with Gasteiger partial charge in [0.15, 0.2) is 6.04 Å². The third-order valence-corrected chi connectivity index (χ3v) is 3.94. The van der Waals surface area contributed by atoms with Crippen LogP contribution in [0.1, 0.15) is 31.4 Å². The van der Waals surface area contributed by atoms with Crippen molar-refractivity contribution in [3.8, 4) is 0 Å². The van der Waals surface area contributed by atoms with E-state index in [-0.39, 0.29) is 5.56 Å². The lowest BCUT2D eigenvalue weighted by molar-refractivity contribution is -0.166. The van der Waals surface area contributed by atoms with E-state index in [0.717, 1.165) is 13.0 Å². The van der Waals surface area contributed by atoms with Crippen LogP contribution in [0.4, 0.5) is 13.2 Å². The van der Waals surface area contributed by atoms with Crippen LogP contribution >= 0.6 is 0 Å². The average Bonchev–Trinajstić information content (AvgIpc) is 2.81. The number of aryl methyl sites for hydroxylation is 1. The van der Waals surface area contributed by atoms with Crippen molar-refractivity contribution >= 4 is 5.91 Å². The smallest absolute Gasteiger partial charge is 0.357 e. The first kappa shape index (κ1) is 15.9. The number of hydrogen-bond donors (Lipinski definition) is 2. The number of halogens is 3. The summed E-state index contributed by atoms with van der Waals surface area (Å²) < 4.78 is 41.2. The summed E-state index contributed by atoms with van der Waals surface area (Å²) in [6, 6.07) is -0.593. The van der Waals surface area contributed by atoms with E-state index in [0.29, 0.717) is 13.0 Å². The molecular weight excluding hydrogens is 283 g/mol. The van der Waals surface area contributed by atoms with Crippen LogP contribution in [0.15, 0.2) is 18.5 Å². The second kappa shape index (κ2) is 5.71. The number of aromatic nitrogens is 1. The maximum atomic E-state index is 13.2. The minimum absolute atomic E-state index is 0.0470. The standard InChI is InChI=1S/C14H20F3N3O/c1-13(5-3-6-18-9-13)12(21)19-11(14(15,16)17)10-4-7-20(2)8-10/h4,7-8,11,18H,3,5-6,9H2,1-2H3,(H,19,21)/t11-,13-/m1/s1. The number of amides is 1. The number of alkyl halides is 3. The second-order valence-electron chi connectivity index (χ2n) is 5.90. The Balaban J connectivity index is 2.17. The Bertz CT molecular complexity index is 504. The van der Waals surface area contributed by atoms with Gasteiger partial charge in [-0.15, -0.1) is 0 Å². The Morgan fingerprint density at radius 3 is 2.71 bits per heavy atom. The molecular formula is C14H20F3N3O. The van der Waals surface area contributed by atoms with Crippen LogP contribution in [0, 0.1) is 5.41 Å². The van der Waals surface area contributed by atoms with E-state index in [1.807, 2.05) is 0 Å². The van der Waals surface area contributed by atoms with E-state index in [1.54, 1.807) is 14.0 Å². The van der Waals surface area contributed by atoms with Gasteiger partial charge in [0.25, 0.3) is 0 Å². The summed E-state index contributed by atoms with van der Waals surface area (Å²) >= 11 is 0. The molecule has 1 aromatic heterocycles. The fourth-order valence-corrected chi connectivity index (χ4v) is 2.61. The van der Waals surface area contributed by atoms with Gasteiger partial charge in [0.1, 0.15) is 0 Å². The number of hydrogen-bond acceptors (Lipinski definition) is 2. The minimum Gasteiger partial charge on any atom is -0.357 e. The molecule has 1 aliphatic heterocycles. The molecule has 118 valence electrons. The van der Waals surface area contributed by atoms with Gasteiger partial charge in [-0.2, -0.15) is 13.2 Å². The normalized spacial score (nSPS) is 24.6. The van der Waals surface area contributed by atoms with E-state index in [1.165, 1.54) is 23.0 Å². The van der Waals surface area contributed by atoms with Crippen LogP contribution in [0.25, 0.3) is 0 Å². The fraction of sp³-hybridized carbons (Fsp3) is 0.643. The Labute approximate surface area is 121 Å². The van der Waals surface area contributed by atoms with E-state index < -0.39 is 23.5 Å². The lowest BCUT2D eigenvalue weighted by Gasteiger charge is -2.34. The number of nitrogens with zero attached hydrogens (tertiary/aromatic N) is 1. The molecule has 4 nitrogen and oxygen atoms in total. The molecule has 21 heavy (non-hydrogen) atoms. The van der Waals surface area contributed by atoms with Crippen molar-refractivity contribution in [3.05, 3.63) is 24.0 Å². The van der Waals surface area contributed by atoms with Crippen LogP contribution in [0.2, 0.25) is 0 Å². The zero-order valence-corrected chi connectivity index (χ0v) is 12.1. The molecule has 1 aromatic rings. The van der Waals surface area contributed by atoms with Gasteiger partial charge in [-0.1, -0.05) is 0 Å². The Kier molecular flexibility index (Phi) is 4.32.